The van der Waals surface area contributed by atoms with Crippen LogP contribution in [-0.2, 0) is 6.42 Å². The molecular formula is C22H20Cl2N4. The van der Waals surface area contributed by atoms with Gasteiger partial charge in [0.2, 0.25) is 5.96 Å². The van der Waals surface area contributed by atoms with Gasteiger partial charge in [-0.2, -0.15) is 5.10 Å². The molecule has 1 aliphatic carbocycles. The first-order valence-electron chi connectivity index (χ1n) is 8.72. The van der Waals surface area contributed by atoms with E-state index in [1.165, 1.54) is 22.3 Å². The highest BCUT2D eigenvalue weighted by atomic mass is 35.5. The third-order valence-electron chi connectivity index (χ3n) is 4.63. The van der Waals surface area contributed by atoms with Crippen LogP contribution in [0.3, 0.4) is 0 Å². The molecule has 6 heteroatoms. The standard InChI is InChI=1S/C22H19ClN4.ClH/c1-14(26-27-22(24)25-19-9-7-18(23)8-10-19)15-6-11-21-17(12-15)13-16-4-2-3-5-20(16)21;/h2-12H,13H2,1H3,(H3,24,25,27);1H/b26-14+;. The minimum atomic E-state index is 0. The number of hydrogen-bond acceptors (Lipinski definition) is 2. The first kappa shape index (κ1) is 19.9. The van der Waals surface area contributed by atoms with E-state index in [1.54, 1.807) is 24.3 Å². The first-order valence-corrected chi connectivity index (χ1v) is 9.09. The van der Waals surface area contributed by atoms with E-state index >= 15 is 0 Å². The maximum absolute atomic E-state index is 5.92. The first-order chi connectivity index (χ1) is 13.1. The number of aliphatic imine (C=N–C) groups is 1. The molecule has 0 unspecified atom stereocenters. The summed E-state index contributed by atoms with van der Waals surface area (Å²) in [7, 11) is 0. The van der Waals surface area contributed by atoms with Crippen molar-refractivity contribution in [2.75, 3.05) is 0 Å². The molecule has 0 fully saturated rings. The largest absolute Gasteiger partial charge is 0.368 e. The van der Waals surface area contributed by atoms with Crippen molar-refractivity contribution in [3.63, 3.8) is 0 Å². The van der Waals surface area contributed by atoms with Crippen LogP contribution in [0.4, 0.5) is 5.69 Å². The van der Waals surface area contributed by atoms with Crippen LogP contribution in [0.2, 0.25) is 5.02 Å². The summed E-state index contributed by atoms with van der Waals surface area (Å²) in [4.78, 5) is 4.27. The van der Waals surface area contributed by atoms with Gasteiger partial charge in [-0.15, -0.1) is 12.4 Å². The van der Waals surface area contributed by atoms with Gasteiger partial charge in [-0.1, -0.05) is 48.0 Å². The number of halogens is 2. The van der Waals surface area contributed by atoms with Gasteiger partial charge in [0.05, 0.1) is 11.4 Å². The average molecular weight is 411 g/mol. The van der Waals surface area contributed by atoms with Crippen LogP contribution in [-0.4, -0.2) is 11.7 Å². The van der Waals surface area contributed by atoms with E-state index in [2.05, 4.69) is 58.0 Å². The van der Waals surface area contributed by atoms with E-state index < -0.39 is 0 Å². The highest BCUT2D eigenvalue weighted by Crippen LogP contribution is 2.36. The van der Waals surface area contributed by atoms with Gasteiger partial charge in [-0.3, -0.25) is 0 Å². The van der Waals surface area contributed by atoms with E-state index in [0.29, 0.717) is 10.7 Å². The molecule has 0 saturated carbocycles. The number of hydrazone groups is 1. The van der Waals surface area contributed by atoms with E-state index in [0.717, 1.165) is 17.7 Å². The van der Waals surface area contributed by atoms with Crippen molar-refractivity contribution < 1.29 is 0 Å². The molecule has 0 aromatic heterocycles. The number of fused-ring (bicyclic) bond motifs is 3. The smallest absolute Gasteiger partial charge is 0.214 e. The maximum atomic E-state index is 5.92. The lowest BCUT2D eigenvalue weighted by Crippen LogP contribution is -2.27. The number of guanidine groups is 1. The van der Waals surface area contributed by atoms with Crippen molar-refractivity contribution in [2.45, 2.75) is 13.3 Å². The Hall–Kier alpha value is -2.82. The molecule has 0 aliphatic heterocycles. The SMILES string of the molecule is C/C(=N\NC(N)=Nc1ccc(Cl)cc1)c1ccc2c(c1)Cc1ccccc1-2.Cl. The van der Waals surface area contributed by atoms with E-state index in [1.807, 2.05) is 6.92 Å². The van der Waals surface area contributed by atoms with Crippen molar-refractivity contribution in [2.24, 2.45) is 15.8 Å². The molecule has 0 spiro atoms. The summed E-state index contributed by atoms with van der Waals surface area (Å²) in [6.07, 6.45) is 0.959. The van der Waals surface area contributed by atoms with Crippen molar-refractivity contribution in [3.8, 4) is 11.1 Å². The van der Waals surface area contributed by atoms with Crippen LogP contribution in [0.15, 0.2) is 76.8 Å². The third-order valence-corrected chi connectivity index (χ3v) is 4.88. The molecule has 1 aliphatic rings. The van der Waals surface area contributed by atoms with Crippen LogP contribution in [0.25, 0.3) is 11.1 Å². The second-order valence-electron chi connectivity index (χ2n) is 6.49. The van der Waals surface area contributed by atoms with E-state index in [-0.39, 0.29) is 18.4 Å². The van der Waals surface area contributed by atoms with Gasteiger partial charge < -0.3 is 5.73 Å². The summed E-state index contributed by atoms with van der Waals surface area (Å²) in [5, 5.41) is 5.03. The Morgan fingerprint density at radius 1 is 0.964 bits per heavy atom. The van der Waals surface area contributed by atoms with Gasteiger partial charge in [0.25, 0.3) is 0 Å². The molecule has 4 nitrogen and oxygen atoms in total. The van der Waals surface area contributed by atoms with Crippen molar-refractivity contribution in [1.82, 2.24) is 5.43 Å². The topological polar surface area (TPSA) is 62.8 Å². The average Bonchev–Trinajstić information content (AvgIpc) is 3.05. The Morgan fingerprint density at radius 3 is 2.46 bits per heavy atom. The van der Waals surface area contributed by atoms with Gasteiger partial charge in [0, 0.05) is 5.02 Å². The quantitative estimate of drug-likeness (QED) is 0.273. The van der Waals surface area contributed by atoms with Crippen LogP contribution in [0.1, 0.15) is 23.6 Å². The molecule has 0 radical (unpaired) electrons. The Bertz CT molecular complexity index is 1060. The summed E-state index contributed by atoms with van der Waals surface area (Å²) < 4.78 is 0. The predicted octanol–water partition coefficient (Wildman–Crippen LogP) is 5.29. The molecular weight excluding hydrogens is 391 g/mol. The molecule has 3 aromatic carbocycles. The molecule has 3 aromatic rings. The third kappa shape index (κ3) is 4.19. The summed E-state index contributed by atoms with van der Waals surface area (Å²) in [6, 6.07) is 22.1. The Labute approximate surface area is 175 Å². The molecule has 28 heavy (non-hydrogen) atoms. The fourth-order valence-electron chi connectivity index (χ4n) is 3.26. The summed E-state index contributed by atoms with van der Waals surface area (Å²) in [6.45, 7) is 1.95. The zero-order chi connectivity index (χ0) is 18.8. The molecule has 0 heterocycles. The predicted molar refractivity (Wildman–Crippen MR) is 120 cm³/mol. The van der Waals surface area contributed by atoms with Gasteiger partial charge in [0.15, 0.2) is 0 Å². The molecule has 0 bridgehead atoms. The highest BCUT2D eigenvalue weighted by molar-refractivity contribution is 6.30. The number of nitrogens with one attached hydrogen (secondary N) is 1. The maximum Gasteiger partial charge on any atom is 0.214 e. The molecule has 0 amide bonds. The Kier molecular flexibility index (Phi) is 6.02. The lowest BCUT2D eigenvalue weighted by atomic mass is 10.0. The summed E-state index contributed by atoms with van der Waals surface area (Å²) >= 11 is 5.87. The van der Waals surface area contributed by atoms with Crippen LogP contribution in [0.5, 0.6) is 0 Å². The lowest BCUT2D eigenvalue weighted by Gasteiger charge is -2.06. The lowest BCUT2D eigenvalue weighted by molar-refractivity contribution is 1.00. The Balaban J connectivity index is 0.00000225. The van der Waals surface area contributed by atoms with Crippen molar-refractivity contribution in [3.05, 3.63) is 88.4 Å². The summed E-state index contributed by atoms with van der Waals surface area (Å²) in [5.74, 6) is 0.227. The Morgan fingerprint density at radius 2 is 1.68 bits per heavy atom. The van der Waals surface area contributed by atoms with Crippen molar-refractivity contribution >= 4 is 41.4 Å². The normalized spacial score (nSPS) is 12.8. The summed E-state index contributed by atoms with van der Waals surface area (Å²) in [5.41, 5.74) is 16.7. The minimum absolute atomic E-state index is 0. The molecule has 3 N–H and O–H groups in total. The highest BCUT2D eigenvalue weighted by Gasteiger charge is 2.18. The molecule has 0 saturated heterocycles. The molecule has 0 atom stereocenters. The minimum Gasteiger partial charge on any atom is -0.368 e. The van der Waals surface area contributed by atoms with Gasteiger partial charge in [0.1, 0.15) is 0 Å². The zero-order valence-corrected chi connectivity index (χ0v) is 16.9. The van der Waals surface area contributed by atoms with Gasteiger partial charge in [-0.05, 0) is 71.5 Å². The van der Waals surface area contributed by atoms with Crippen LogP contribution in [0, 0.1) is 0 Å². The molecule has 142 valence electrons. The molecule has 4 rings (SSSR count). The fraction of sp³-hybridized carbons (Fsp3) is 0.0909. The van der Waals surface area contributed by atoms with Gasteiger partial charge >= 0.3 is 0 Å². The number of nitrogens with zero attached hydrogens (tertiary/aromatic N) is 2. The van der Waals surface area contributed by atoms with Gasteiger partial charge in [-0.25, -0.2) is 10.4 Å². The number of hydrogen-bond donors (Lipinski definition) is 2. The monoisotopic (exact) mass is 410 g/mol. The number of nitrogens with two attached hydrogens (primary N) is 1. The second kappa shape index (κ2) is 8.46. The second-order valence-corrected chi connectivity index (χ2v) is 6.92. The number of benzene rings is 3. The van der Waals surface area contributed by atoms with E-state index in [4.69, 9.17) is 17.3 Å². The fourth-order valence-corrected chi connectivity index (χ4v) is 3.38. The van der Waals surface area contributed by atoms with Crippen LogP contribution >= 0.6 is 24.0 Å². The zero-order valence-electron chi connectivity index (χ0n) is 15.3. The van der Waals surface area contributed by atoms with Crippen LogP contribution < -0.4 is 11.2 Å². The number of rotatable bonds is 3. The van der Waals surface area contributed by atoms with Crippen molar-refractivity contribution in [1.29, 1.82) is 0 Å². The van der Waals surface area contributed by atoms with E-state index in [9.17, 15) is 0 Å².